The molecule has 0 aliphatic rings. The van der Waals surface area contributed by atoms with Gasteiger partial charge in [-0.1, -0.05) is 0 Å². The number of hydrogen-bond donors (Lipinski definition) is 2. The Morgan fingerprint density at radius 3 is 1.86 bits per heavy atom. The molecule has 0 aromatic rings. The summed E-state index contributed by atoms with van der Waals surface area (Å²) in [5.74, 6) is 0. The average Bonchev–Trinajstić information content (AvgIpc) is 2.52. The van der Waals surface area contributed by atoms with Crippen molar-refractivity contribution in [3.05, 3.63) is 0 Å². The van der Waals surface area contributed by atoms with E-state index in [1.165, 1.54) is 0 Å². The van der Waals surface area contributed by atoms with Crippen LogP contribution in [0.15, 0.2) is 0 Å². The third-order valence-electron chi connectivity index (χ3n) is 2.31. The van der Waals surface area contributed by atoms with Crippen molar-refractivity contribution in [2.75, 3.05) is 67.1 Å². The molecule has 2 N–H and O–H groups in total. The molecule has 0 amide bonds. The molecule has 0 aromatic heterocycles. The third kappa shape index (κ3) is 22.1. The monoisotopic (exact) mass is 312 g/mol. The van der Waals surface area contributed by atoms with E-state index in [4.69, 9.17) is 33.9 Å². The number of ether oxygens (including phenoxy) is 5. The van der Waals surface area contributed by atoms with Gasteiger partial charge in [-0.15, -0.1) is 0 Å². The van der Waals surface area contributed by atoms with E-state index in [9.17, 15) is 0 Å². The zero-order chi connectivity index (χ0) is 16.3. The van der Waals surface area contributed by atoms with Crippen molar-refractivity contribution in [1.82, 2.24) is 0 Å². The molecular weight excluding hydrogens is 280 g/mol. The van der Waals surface area contributed by atoms with Gasteiger partial charge in [-0.25, -0.2) is 0 Å². The largest absolute Gasteiger partial charge is 0.394 e. The highest BCUT2D eigenvalue weighted by atomic mass is 16.5. The highest BCUT2D eigenvalue weighted by molar-refractivity contribution is 4.49. The van der Waals surface area contributed by atoms with Crippen LogP contribution >= 0.6 is 0 Å². The van der Waals surface area contributed by atoms with Crippen LogP contribution in [0.3, 0.4) is 0 Å². The molecule has 21 heavy (non-hydrogen) atoms. The Hall–Kier alpha value is -0.280. The number of rotatable bonds is 13. The van der Waals surface area contributed by atoms with Gasteiger partial charge in [0.1, 0.15) is 0 Å². The minimum absolute atomic E-state index is 0.0659. The first-order chi connectivity index (χ1) is 10.1. The lowest BCUT2D eigenvalue weighted by Gasteiger charge is -2.13. The van der Waals surface area contributed by atoms with E-state index in [-0.39, 0.29) is 25.4 Å². The number of aliphatic hydroxyl groups excluding tert-OH is 2. The van der Waals surface area contributed by atoms with Crippen molar-refractivity contribution in [2.45, 2.75) is 26.1 Å². The normalized spacial score (nSPS) is 13.4. The fraction of sp³-hybridized carbons (Fsp3) is 1.00. The molecule has 0 bridgehead atoms. The van der Waals surface area contributed by atoms with Gasteiger partial charge >= 0.3 is 0 Å². The molecule has 0 aromatic carbocycles. The van der Waals surface area contributed by atoms with E-state index >= 15 is 0 Å². The summed E-state index contributed by atoms with van der Waals surface area (Å²) in [6, 6.07) is 0. The van der Waals surface area contributed by atoms with E-state index in [2.05, 4.69) is 0 Å². The number of hydrogen-bond acceptors (Lipinski definition) is 7. The molecule has 0 saturated heterocycles. The second-order valence-electron chi connectivity index (χ2n) is 4.31. The van der Waals surface area contributed by atoms with E-state index in [1.807, 2.05) is 13.8 Å². The van der Waals surface area contributed by atoms with Crippen LogP contribution in [0, 0.1) is 0 Å². The van der Waals surface area contributed by atoms with Crippen molar-refractivity contribution in [1.29, 1.82) is 0 Å². The van der Waals surface area contributed by atoms with Crippen molar-refractivity contribution in [3.63, 3.8) is 0 Å². The molecule has 0 radical (unpaired) electrons. The van der Waals surface area contributed by atoms with Crippen LogP contribution < -0.4 is 0 Å². The minimum atomic E-state index is -0.0856. The average molecular weight is 312 g/mol. The maximum absolute atomic E-state index is 8.55. The van der Waals surface area contributed by atoms with Gasteiger partial charge in [-0.05, 0) is 13.8 Å². The van der Waals surface area contributed by atoms with Crippen molar-refractivity contribution < 1.29 is 33.9 Å². The van der Waals surface area contributed by atoms with E-state index in [0.717, 1.165) is 0 Å². The van der Waals surface area contributed by atoms with Gasteiger partial charge in [0.15, 0.2) is 0 Å². The second-order valence-corrected chi connectivity index (χ2v) is 4.31. The highest BCUT2D eigenvalue weighted by Gasteiger charge is 2.03. The molecule has 2 atom stereocenters. The quantitative estimate of drug-likeness (QED) is 0.466. The lowest BCUT2D eigenvalue weighted by molar-refractivity contribution is -0.0313. The summed E-state index contributed by atoms with van der Waals surface area (Å²) in [7, 11) is 3.27. The topological polar surface area (TPSA) is 86.6 Å². The minimum Gasteiger partial charge on any atom is -0.394 e. The molecule has 0 aliphatic heterocycles. The molecule has 0 fully saturated rings. The van der Waals surface area contributed by atoms with E-state index < -0.39 is 0 Å². The number of aliphatic hydroxyl groups is 2. The molecular formula is C14H32O7. The van der Waals surface area contributed by atoms with Crippen LogP contribution in [0.5, 0.6) is 0 Å². The van der Waals surface area contributed by atoms with Gasteiger partial charge in [-0.3, -0.25) is 0 Å². The molecule has 7 heteroatoms. The van der Waals surface area contributed by atoms with Crippen LogP contribution in [0.4, 0.5) is 0 Å². The third-order valence-corrected chi connectivity index (χ3v) is 2.31. The molecule has 130 valence electrons. The molecule has 0 spiro atoms. The summed E-state index contributed by atoms with van der Waals surface area (Å²) in [4.78, 5) is 0. The Labute approximate surface area is 128 Å². The number of methoxy groups -OCH3 is 2. The summed E-state index contributed by atoms with van der Waals surface area (Å²) in [6.07, 6.45) is 0.0200. The van der Waals surface area contributed by atoms with Crippen LogP contribution in [-0.2, 0) is 23.7 Å². The fourth-order valence-electron chi connectivity index (χ4n) is 0.949. The Bertz CT molecular complexity index is 163. The summed E-state index contributed by atoms with van der Waals surface area (Å²) in [5, 5.41) is 16.9. The summed E-state index contributed by atoms with van der Waals surface area (Å²) < 4.78 is 24.9. The standard InChI is InChI=1S/C7H16O4.C7H16O3/c1-9-4-5-11-7-6-10-3-2-8;1-6(4-8)10-5-7(2)9-3/h8H,2-7H2,1H3;6-8H,4-5H2,1-3H3. The van der Waals surface area contributed by atoms with E-state index in [1.54, 1.807) is 14.2 Å². The maximum atomic E-state index is 8.55. The molecule has 0 rings (SSSR count). The van der Waals surface area contributed by atoms with Crippen molar-refractivity contribution in [3.8, 4) is 0 Å². The highest BCUT2D eigenvalue weighted by Crippen LogP contribution is 1.93. The SMILES string of the molecule is COC(C)COC(C)CO.COCCOCCOCCO. The maximum Gasteiger partial charge on any atom is 0.0779 e. The van der Waals surface area contributed by atoms with Gasteiger partial charge in [-0.2, -0.15) is 0 Å². The Balaban J connectivity index is 0. The summed E-state index contributed by atoms with van der Waals surface area (Å²) in [6.45, 7) is 7.10. The van der Waals surface area contributed by atoms with Gasteiger partial charge in [0.05, 0.1) is 65.1 Å². The van der Waals surface area contributed by atoms with Gasteiger partial charge in [0, 0.05) is 14.2 Å². The molecule has 0 saturated carbocycles. The predicted octanol–water partition coefficient (Wildman–Crippen LogP) is 0.0770. The van der Waals surface area contributed by atoms with Gasteiger partial charge < -0.3 is 33.9 Å². The predicted molar refractivity (Wildman–Crippen MR) is 79.6 cm³/mol. The molecule has 2 unspecified atom stereocenters. The van der Waals surface area contributed by atoms with E-state index in [0.29, 0.717) is 39.6 Å². The van der Waals surface area contributed by atoms with Crippen LogP contribution in [0.2, 0.25) is 0 Å². The molecule has 0 aliphatic carbocycles. The molecule has 7 nitrogen and oxygen atoms in total. The second kappa shape index (κ2) is 19.7. The Morgan fingerprint density at radius 2 is 1.38 bits per heavy atom. The van der Waals surface area contributed by atoms with Gasteiger partial charge in [0.25, 0.3) is 0 Å². The smallest absolute Gasteiger partial charge is 0.0779 e. The Kier molecular flexibility index (Phi) is 21.6. The lowest BCUT2D eigenvalue weighted by atomic mass is 10.4. The Morgan fingerprint density at radius 1 is 0.810 bits per heavy atom. The molecule has 0 heterocycles. The zero-order valence-corrected chi connectivity index (χ0v) is 13.7. The lowest BCUT2D eigenvalue weighted by Crippen LogP contribution is -2.21. The van der Waals surface area contributed by atoms with Crippen molar-refractivity contribution >= 4 is 0 Å². The zero-order valence-electron chi connectivity index (χ0n) is 13.7. The van der Waals surface area contributed by atoms with Crippen LogP contribution in [0.1, 0.15) is 13.8 Å². The first-order valence-corrected chi connectivity index (χ1v) is 7.12. The fourth-order valence-corrected chi connectivity index (χ4v) is 0.949. The summed E-state index contributed by atoms with van der Waals surface area (Å²) >= 11 is 0. The van der Waals surface area contributed by atoms with Crippen LogP contribution in [0.25, 0.3) is 0 Å². The van der Waals surface area contributed by atoms with Crippen molar-refractivity contribution in [2.24, 2.45) is 0 Å². The first-order valence-electron chi connectivity index (χ1n) is 7.12. The summed E-state index contributed by atoms with van der Waals surface area (Å²) in [5.41, 5.74) is 0. The van der Waals surface area contributed by atoms with Crippen LogP contribution in [-0.4, -0.2) is 89.5 Å². The first kappa shape index (κ1) is 23.0. The van der Waals surface area contributed by atoms with Gasteiger partial charge in [0.2, 0.25) is 0 Å².